The average Bonchev–Trinajstić information content (AvgIpc) is 3.21. The SMILES string of the molecule is CN=C(NCCc1nc(-c2cccc(Cl)c2)no1)N(C)CCOc1ccccc1.I. The molecule has 3 rings (SSSR count). The summed E-state index contributed by atoms with van der Waals surface area (Å²) in [4.78, 5) is 10.7. The molecule has 2 aromatic carbocycles. The van der Waals surface area contributed by atoms with Crippen molar-refractivity contribution >= 4 is 41.5 Å². The van der Waals surface area contributed by atoms with Crippen LogP contribution in [0.3, 0.4) is 0 Å². The van der Waals surface area contributed by atoms with Gasteiger partial charge in [0.25, 0.3) is 0 Å². The van der Waals surface area contributed by atoms with E-state index in [1.165, 1.54) is 0 Å². The fraction of sp³-hybridized carbons (Fsp3) is 0.286. The first-order valence-electron chi connectivity index (χ1n) is 9.34. The summed E-state index contributed by atoms with van der Waals surface area (Å²) in [5.74, 6) is 2.71. The van der Waals surface area contributed by atoms with Gasteiger partial charge in [-0.15, -0.1) is 24.0 Å². The van der Waals surface area contributed by atoms with Gasteiger partial charge < -0.3 is 19.5 Å². The molecule has 160 valence electrons. The van der Waals surface area contributed by atoms with E-state index in [-0.39, 0.29) is 24.0 Å². The summed E-state index contributed by atoms with van der Waals surface area (Å²) >= 11 is 6.01. The van der Waals surface area contributed by atoms with Crippen LogP contribution in [-0.4, -0.2) is 54.8 Å². The molecule has 9 heteroatoms. The Morgan fingerprint density at radius 3 is 2.73 bits per heavy atom. The van der Waals surface area contributed by atoms with Gasteiger partial charge in [-0.3, -0.25) is 4.99 Å². The summed E-state index contributed by atoms with van der Waals surface area (Å²) in [6.45, 7) is 1.88. The number of nitrogens with one attached hydrogen (secondary N) is 1. The molecule has 0 saturated heterocycles. The normalized spacial score (nSPS) is 11.0. The first-order valence-corrected chi connectivity index (χ1v) is 9.71. The van der Waals surface area contributed by atoms with Gasteiger partial charge in [0.05, 0.1) is 6.54 Å². The Morgan fingerprint density at radius 1 is 1.20 bits per heavy atom. The van der Waals surface area contributed by atoms with Crippen molar-refractivity contribution in [1.29, 1.82) is 0 Å². The molecule has 0 bridgehead atoms. The van der Waals surface area contributed by atoms with E-state index in [4.69, 9.17) is 20.9 Å². The zero-order chi connectivity index (χ0) is 20.5. The number of aliphatic imine (C=N–C) groups is 1. The van der Waals surface area contributed by atoms with E-state index in [1.807, 2.05) is 66.5 Å². The zero-order valence-corrected chi connectivity index (χ0v) is 20.0. The van der Waals surface area contributed by atoms with E-state index in [0.717, 1.165) is 17.3 Å². The maximum atomic E-state index is 6.01. The van der Waals surface area contributed by atoms with Gasteiger partial charge in [0.15, 0.2) is 5.96 Å². The van der Waals surface area contributed by atoms with E-state index in [0.29, 0.717) is 42.9 Å². The Morgan fingerprint density at radius 2 is 2.00 bits per heavy atom. The number of guanidine groups is 1. The van der Waals surface area contributed by atoms with Gasteiger partial charge in [0.1, 0.15) is 12.4 Å². The highest BCUT2D eigenvalue weighted by molar-refractivity contribution is 14.0. The molecular formula is C21H25ClIN5O2. The smallest absolute Gasteiger partial charge is 0.228 e. The number of halogens is 2. The number of nitrogens with zero attached hydrogens (tertiary/aromatic N) is 4. The lowest BCUT2D eigenvalue weighted by Crippen LogP contribution is -2.41. The molecule has 3 aromatic rings. The van der Waals surface area contributed by atoms with Crippen LogP contribution in [0.15, 0.2) is 64.1 Å². The van der Waals surface area contributed by atoms with Gasteiger partial charge in [0.2, 0.25) is 11.7 Å². The molecule has 0 aliphatic carbocycles. The van der Waals surface area contributed by atoms with E-state index in [9.17, 15) is 0 Å². The van der Waals surface area contributed by atoms with Crippen LogP contribution >= 0.6 is 35.6 Å². The van der Waals surface area contributed by atoms with Gasteiger partial charge in [0, 0.05) is 37.6 Å². The predicted octanol–water partition coefficient (Wildman–Crippen LogP) is 4.14. The first-order chi connectivity index (χ1) is 14.2. The first kappa shape index (κ1) is 23.9. The molecule has 0 amide bonds. The van der Waals surface area contributed by atoms with Crippen molar-refractivity contribution in [1.82, 2.24) is 20.4 Å². The van der Waals surface area contributed by atoms with Gasteiger partial charge in [-0.05, 0) is 24.3 Å². The highest BCUT2D eigenvalue weighted by atomic mass is 127. The summed E-state index contributed by atoms with van der Waals surface area (Å²) in [7, 11) is 3.72. The minimum absolute atomic E-state index is 0. The third-order valence-electron chi connectivity index (χ3n) is 4.18. The highest BCUT2D eigenvalue weighted by Crippen LogP contribution is 2.19. The van der Waals surface area contributed by atoms with Crippen LogP contribution < -0.4 is 10.1 Å². The van der Waals surface area contributed by atoms with Crippen molar-refractivity contribution < 1.29 is 9.26 Å². The lowest BCUT2D eigenvalue weighted by Gasteiger charge is -2.21. The largest absolute Gasteiger partial charge is 0.492 e. The molecule has 1 heterocycles. The van der Waals surface area contributed by atoms with Crippen molar-refractivity contribution in [2.75, 3.05) is 33.8 Å². The fourth-order valence-corrected chi connectivity index (χ4v) is 2.88. The number of likely N-dealkylation sites (N-methyl/N-ethyl adjacent to an activating group) is 1. The van der Waals surface area contributed by atoms with E-state index in [1.54, 1.807) is 7.05 Å². The number of benzene rings is 2. The minimum atomic E-state index is 0. The van der Waals surface area contributed by atoms with Gasteiger partial charge in [-0.25, -0.2) is 0 Å². The number of aromatic nitrogens is 2. The van der Waals surface area contributed by atoms with Crippen molar-refractivity contribution in [2.45, 2.75) is 6.42 Å². The summed E-state index contributed by atoms with van der Waals surface area (Å²) in [5.41, 5.74) is 0.828. The van der Waals surface area contributed by atoms with Crippen LogP contribution in [0.4, 0.5) is 0 Å². The quantitative estimate of drug-likeness (QED) is 0.263. The maximum absolute atomic E-state index is 6.01. The Labute approximate surface area is 198 Å². The van der Waals surface area contributed by atoms with Crippen molar-refractivity contribution in [3.05, 3.63) is 65.5 Å². The monoisotopic (exact) mass is 541 g/mol. The van der Waals surface area contributed by atoms with Crippen LogP contribution in [0.25, 0.3) is 11.4 Å². The van der Waals surface area contributed by atoms with E-state index in [2.05, 4.69) is 20.4 Å². The van der Waals surface area contributed by atoms with Gasteiger partial charge >= 0.3 is 0 Å². The Kier molecular flexibility index (Phi) is 9.88. The molecule has 30 heavy (non-hydrogen) atoms. The number of hydrogen-bond acceptors (Lipinski definition) is 5. The molecule has 0 radical (unpaired) electrons. The summed E-state index contributed by atoms with van der Waals surface area (Å²) in [5, 5.41) is 7.95. The van der Waals surface area contributed by atoms with Crippen LogP contribution in [0, 0.1) is 0 Å². The van der Waals surface area contributed by atoms with Crippen LogP contribution in [0.2, 0.25) is 5.02 Å². The summed E-state index contributed by atoms with van der Waals surface area (Å²) in [6, 6.07) is 17.1. The van der Waals surface area contributed by atoms with E-state index >= 15 is 0 Å². The maximum Gasteiger partial charge on any atom is 0.228 e. The Hall–Kier alpha value is -2.33. The molecule has 0 aliphatic rings. The molecule has 0 unspecified atom stereocenters. The Balaban J connectivity index is 0.00000320. The van der Waals surface area contributed by atoms with E-state index < -0.39 is 0 Å². The number of rotatable bonds is 8. The number of hydrogen-bond donors (Lipinski definition) is 1. The van der Waals surface area contributed by atoms with Crippen molar-refractivity contribution in [3.8, 4) is 17.1 Å². The topological polar surface area (TPSA) is 75.8 Å². The average molecular weight is 542 g/mol. The van der Waals surface area contributed by atoms with Crippen LogP contribution in [-0.2, 0) is 6.42 Å². The highest BCUT2D eigenvalue weighted by Gasteiger charge is 2.10. The van der Waals surface area contributed by atoms with Gasteiger partial charge in [-0.2, -0.15) is 4.98 Å². The molecule has 0 fully saturated rings. The Bertz CT molecular complexity index is 936. The molecule has 1 aromatic heterocycles. The van der Waals surface area contributed by atoms with Crippen molar-refractivity contribution in [3.63, 3.8) is 0 Å². The molecule has 7 nitrogen and oxygen atoms in total. The van der Waals surface area contributed by atoms with Gasteiger partial charge in [-0.1, -0.05) is 47.1 Å². The lowest BCUT2D eigenvalue weighted by atomic mass is 10.2. The molecule has 0 saturated carbocycles. The summed E-state index contributed by atoms with van der Waals surface area (Å²) in [6.07, 6.45) is 0.584. The van der Waals surface area contributed by atoms with Crippen molar-refractivity contribution in [2.24, 2.45) is 4.99 Å². The standard InChI is InChI=1S/C21H24ClN5O2.HI/c1-23-21(27(2)13-14-28-18-9-4-3-5-10-18)24-12-11-19-25-20(26-29-19)16-7-6-8-17(22)15-16;/h3-10,15H,11-14H2,1-2H3,(H,23,24);1H. The predicted molar refractivity (Wildman–Crippen MR) is 130 cm³/mol. The molecule has 0 spiro atoms. The third kappa shape index (κ3) is 7.17. The number of ether oxygens (including phenoxy) is 1. The second kappa shape index (κ2) is 12.4. The second-order valence-corrected chi connectivity index (χ2v) is 6.77. The molecule has 1 N–H and O–H groups in total. The summed E-state index contributed by atoms with van der Waals surface area (Å²) < 4.78 is 11.1. The molecule has 0 atom stereocenters. The lowest BCUT2D eigenvalue weighted by molar-refractivity contribution is 0.281. The van der Waals surface area contributed by atoms with Crippen LogP contribution in [0.5, 0.6) is 5.75 Å². The van der Waals surface area contributed by atoms with Crippen LogP contribution in [0.1, 0.15) is 5.89 Å². The zero-order valence-electron chi connectivity index (χ0n) is 16.9. The molecular weight excluding hydrogens is 517 g/mol. The fourth-order valence-electron chi connectivity index (χ4n) is 2.69. The number of para-hydroxylation sites is 1. The third-order valence-corrected chi connectivity index (χ3v) is 4.42. The minimum Gasteiger partial charge on any atom is -0.492 e. The second-order valence-electron chi connectivity index (χ2n) is 6.33. The molecule has 0 aliphatic heterocycles.